The van der Waals surface area contributed by atoms with Gasteiger partial charge in [-0.2, -0.15) is 0 Å². The zero-order valence-corrected chi connectivity index (χ0v) is 12.3. The Balaban J connectivity index is 1.39. The van der Waals surface area contributed by atoms with E-state index in [1.807, 2.05) is 6.20 Å². The van der Waals surface area contributed by atoms with Crippen LogP contribution < -0.4 is 5.32 Å². The van der Waals surface area contributed by atoms with Gasteiger partial charge in [-0.1, -0.05) is 42.8 Å². The van der Waals surface area contributed by atoms with E-state index >= 15 is 0 Å². The summed E-state index contributed by atoms with van der Waals surface area (Å²) in [5, 5.41) is 3.82. The quantitative estimate of drug-likeness (QED) is 0.903. The van der Waals surface area contributed by atoms with Crippen LogP contribution in [0.4, 0.5) is 0 Å². The minimum atomic E-state index is 0.345. The molecule has 2 aliphatic carbocycles. The predicted octanol–water partition coefficient (Wildman–Crippen LogP) is 3.65. The van der Waals surface area contributed by atoms with E-state index in [4.69, 9.17) is 0 Å². The molecule has 2 heteroatoms. The van der Waals surface area contributed by atoms with Gasteiger partial charge in [0, 0.05) is 36.3 Å². The van der Waals surface area contributed by atoms with Crippen LogP contribution in [-0.4, -0.2) is 17.6 Å². The van der Waals surface area contributed by atoms with Crippen LogP contribution in [0.3, 0.4) is 0 Å². The summed E-state index contributed by atoms with van der Waals surface area (Å²) in [6.45, 7) is 1.10. The van der Waals surface area contributed by atoms with Crippen molar-refractivity contribution >= 4 is 0 Å². The minimum absolute atomic E-state index is 0.345. The number of hydrogen-bond acceptors (Lipinski definition) is 2. The molecule has 21 heavy (non-hydrogen) atoms. The summed E-state index contributed by atoms with van der Waals surface area (Å²) in [5.74, 6) is 0.720. The van der Waals surface area contributed by atoms with Crippen LogP contribution in [0, 0.1) is 0 Å². The first-order chi connectivity index (χ1) is 10.4. The van der Waals surface area contributed by atoms with Crippen molar-refractivity contribution < 1.29 is 0 Å². The van der Waals surface area contributed by atoms with Gasteiger partial charge in [0.25, 0.3) is 0 Å². The third-order valence-electron chi connectivity index (χ3n) is 5.31. The van der Waals surface area contributed by atoms with Gasteiger partial charge in [-0.25, -0.2) is 0 Å². The van der Waals surface area contributed by atoms with Gasteiger partial charge >= 0.3 is 0 Å². The Labute approximate surface area is 126 Å². The summed E-state index contributed by atoms with van der Waals surface area (Å²) in [6, 6.07) is 15.9. The number of nitrogens with zero attached hydrogens (tertiary/aromatic N) is 1. The van der Waals surface area contributed by atoms with Crippen molar-refractivity contribution in [1.29, 1.82) is 0 Å². The fourth-order valence-electron chi connectivity index (χ4n) is 3.66. The summed E-state index contributed by atoms with van der Waals surface area (Å²) in [5.41, 5.74) is 3.25. The molecule has 2 fully saturated rings. The van der Waals surface area contributed by atoms with Crippen molar-refractivity contribution in [3.63, 3.8) is 0 Å². The van der Waals surface area contributed by atoms with Crippen LogP contribution in [0.15, 0.2) is 54.9 Å². The monoisotopic (exact) mass is 278 g/mol. The molecule has 2 aliphatic rings. The highest BCUT2D eigenvalue weighted by Gasteiger charge is 2.43. The summed E-state index contributed by atoms with van der Waals surface area (Å²) < 4.78 is 0. The van der Waals surface area contributed by atoms with Crippen LogP contribution in [0.1, 0.15) is 42.7 Å². The van der Waals surface area contributed by atoms with Crippen LogP contribution in [0.25, 0.3) is 0 Å². The van der Waals surface area contributed by atoms with Crippen molar-refractivity contribution in [1.82, 2.24) is 10.3 Å². The molecule has 1 N–H and O–H groups in total. The van der Waals surface area contributed by atoms with E-state index in [-0.39, 0.29) is 0 Å². The second-order valence-corrected chi connectivity index (χ2v) is 6.62. The molecular weight excluding hydrogens is 256 g/mol. The molecule has 0 bridgehead atoms. The standard InChI is InChI=1S/C19H22N2/c1-2-6-15(7-3-1)17-12-18(17)21-14-19(9-5-10-19)16-8-4-11-20-13-16/h1-4,6-8,11,13,17-18,21H,5,9-10,12,14H2/t17?,18-/m0/s1. The van der Waals surface area contributed by atoms with E-state index in [0.717, 1.165) is 12.5 Å². The van der Waals surface area contributed by atoms with E-state index in [0.29, 0.717) is 11.5 Å². The highest BCUT2D eigenvalue weighted by atomic mass is 15.0. The molecule has 1 aromatic heterocycles. The molecule has 1 heterocycles. The molecular formula is C19H22N2. The second-order valence-electron chi connectivity index (χ2n) is 6.62. The van der Waals surface area contributed by atoms with Gasteiger partial charge in [0.15, 0.2) is 0 Å². The molecule has 0 amide bonds. The summed E-state index contributed by atoms with van der Waals surface area (Å²) in [4.78, 5) is 4.31. The topological polar surface area (TPSA) is 24.9 Å². The first-order valence-corrected chi connectivity index (χ1v) is 8.06. The Bertz CT molecular complexity index is 589. The van der Waals surface area contributed by atoms with Gasteiger partial charge in [-0.3, -0.25) is 4.98 Å². The SMILES string of the molecule is c1ccc(C2C[C@@H]2NCC2(c3cccnc3)CCC2)cc1. The highest BCUT2D eigenvalue weighted by molar-refractivity contribution is 5.29. The molecule has 0 aliphatic heterocycles. The van der Waals surface area contributed by atoms with Gasteiger partial charge in [0.1, 0.15) is 0 Å². The molecule has 1 unspecified atom stereocenters. The average molecular weight is 278 g/mol. The predicted molar refractivity (Wildman–Crippen MR) is 85.4 cm³/mol. The number of hydrogen-bond donors (Lipinski definition) is 1. The first kappa shape index (κ1) is 13.0. The van der Waals surface area contributed by atoms with Crippen molar-refractivity contribution in [3.8, 4) is 0 Å². The summed E-state index contributed by atoms with van der Waals surface area (Å²) in [6.07, 6.45) is 9.16. The first-order valence-electron chi connectivity index (χ1n) is 8.06. The zero-order valence-electron chi connectivity index (χ0n) is 12.3. The molecule has 0 saturated heterocycles. The fraction of sp³-hybridized carbons (Fsp3) is 0.421. The Morgan fingerprint density at radius 2 is 1.95 bits per heavy atom. The lowest BCUT2D eigenvalue weighted by Crippen LogP contribution is -2.44. The van der Waals surface area contributed by atoms with Crippen molar-refractivity contribution in [3.05, 3.63) is 66.0 Å². The van der Waals surface area contributed by atoms with Gasteiger partial charge < -0.3 is 5.32 Å². The molecule has 2 aromatic rings. The fourth-order valence-corrected chi connectivity index (χ4v) is 3.66. The molecule has 4 rings (SSSR count). The Morgan fingerprint density at radius 3 is 2.62 bits per heavy atom. The Morgan fingerprint density at radius 1 is 1.10 bits per heavy atom. The maximum Gasteiger partial charge on any atom is 0.0306 e. The maximum absolute atomic E-state index is 4.31. The molecule has 2 nitrogen and oxygen atoms in total. The van der Waals surface area contributed by atoms with Crippen LogP contribution >= 0.6 is 0 Å². The lowest BCUT2D eigenvalue weighted by atomic mass is 9.65. The van der Waals surface area contributed by atoms with Crippen molar-refractivity contribution in [2.75, 3.05) is 6.54 Å². The molecule has 108 valence electrons. The van der Waals surface area contributed by atoms with Crippen molar-refractivity contribution in [2.45, 2.75) is 43.1 Å². The van der Waals surface area contributed by atoms with E-state index in [9.17, 15) is 0 Å². The lowest BCUT2D eigenvalue weighted by Gasteiger charge is -2.42. The molecule has 0 spiro atoms. The number of pyridine rings is 1. The van der Waals surface area contributed by atoms with Crippen molar-refractivity contribution in [2.24, 2.45) is 0 Å². The van der Waals surface area contributed by atoms with E-state index < -0.39 is 0 Å². The van der Waals surface area contributed by atoms with Crippen LogP contribution in [0.5, 0.6) is 0 Å². The second kappa shape index (κ2) is 5.27. The van der Waals surface area contributed by atoms with Gasteiger partial charge in [-0.05, 0) is 36.5 Å². The van der Waals surface area contributed by atoms with E-state index in [2.05, 4.69) is 59.0 Å². The van der Waals surface area contributed by atoms with Gasteiger partial charge in [0.2, 0.25) is 0 Å². The Hall–Kier alpha value is -1.67. The molecule has 2 saturated carbocycles. The number of nitrogens with one attached hydrogen (secondary N) is 1. The average Bonchev–Trinajstić information content (AvgIpc) is 3.28. The molecule has 2 atom stereocenters. The maximum atomic E-state index is 4.31. The largest absolute Gasteiger partial charge is 0.312 e. The zero-order chi connectivity index (χ0) is 14.1. The number of rotatable bonds is 5. The molecule has 0 radical (unpaired) electrons. The lowest BCUT2D eigenvalue weighted by molar-refractivity contribution is 0.232. The highest BCUT2D eigenvalue weighted by Crippen LogP contribution is 2.45. The normalized spacial score (nSPS) is 26.1. The number of aromatic nitrogens is 1. The van der Waals surface area contributed by atoms with Crippen LogP contribution in [0.2, 0.25) is 0 Å². The van der Waals surface area contributed by atoms with E-state index in [1.165, 1.54) is 36.8 Å². The van der Waals surface area contributed by atoms with E-state index in [1.54, 1.807) is 0 Å². The van der Waals surface area contributed by atoms with Gasteiger partial charge in [-0.15, -0.1) is 0 Å². The third-order valence-corrected chi connectivity index (χ3v) is 5.31. The molecule has 1 aromatic carbocycles. The number of benzene rings is 1. The minimum Gasteiger partial charge on any atom is -0.312 e. The Kier molecular flexibility index (Phi) is 3.27. The summed E-state index contributed by atoms with van der Waals surface area (Å²) >= 11 is 0. The van der Waals surface area contributed by atoms with Crippen LogP contribution in [-0.2, 0) is 5.41 Å². The summed E-state index contributed by atoms with van der Waals surface area (Å²) in [7, 11) is 0. The third kappa shape index (κ3) is 2.49. The van der Waals surface area contributed by atoms with Gasteiger partial charge in [0.05, 0.1) is 0 Å². The smallest absolute Gasteiger partial charge is 0.0306 e.